The van der Waals surface area contributed by atoms with Gasteiger partial charge < -0.3 is 9.64 Å². The van der Waals surface area contributed by atoms with E-state index >= 15 is 0 Å². The Morgan fingerprint density at radius 3 is 2.67 bits per heavy atom. The quantitative estimate of drug-likeness (QED) is 0.810. The van der Waals surface area contributed by atoms with Crippen molar-refractivity contribution in [2.75, 3.05) is 33.8 Å². The number of nitrogens with zero attached hydrogens (tertiary/aromatic N) is 4. The maximum atomic E-state index is 5.34. The fraction of sp³-hybridized carbons (Fsp3) is 0.833. The molecule has 6 heteroatoms. The Hall–Kier alpha value is -0.720. The summed E-state index contributed by atoms with van der Waals surface area (Å²) in [4.78, 5) is 4.78. The van der Waals surface area contributed by atoms with Crippen LogP contribution >= 0.6 is 11.3 Å². The first-order chi connectivity index (χ1) is 8.69. The predicted molar refractivity (Wildman–Crippen MR) is 73.1 cm³/mol. The van der Waals surface area contributed by atoms with Crippen LogP contribution in [0, 0.1) is 0 Å². The van der Waals surface area contributed by atoms with Crippen molar-refractivity contribution in [1.29, 1.82) is 0 Å². The third-order valence-corrected chi connectivity index (χ3v) is 4.18. The van der Waals surface area contributed by atoms with Gasteiger partial charge in [-0.2, -0.15) is 0 Å². The molecule has 2 heterocycles. The van der Waals surface area contributed by atoms with E-state index in [0.717, 1.165) is 30.7 Å². The molecule has 1 aliphatic heterocycles. The van der Waals surface area contributed by atoms with E-state index in [0.29, 0.717) is 11.8 Å². The molecule has 0 aliphatic carbocycles. The van der Waals surface area contributed by atoms with Gasteiger partial charge in [-0.1, -0.05) is 11.3 Å². The minimum Gasteiger partial charge on any atom is -0.469 e. The summed E-state index contributed by atoms with van der Waals surface area (Å²) in [6.07, 6.45) is 2.48. The van der Waals surface area contributed by atoms with Gasteiger partial charge >= 0.3 is 0 Å². The van der Waals surface area contributed by atoms with Crippen molar-refractivity contribution < 1.29 is 4.74 Å². The lowest BCUT2D eigenvalue weighted by Crippen LogP contribution is -2.41. The standard InChI is InChI=1S/C12H22N4OS/c1-4-17-12-14-13-11(18-12)9-16-7-5-10(6-8-16)15(2)3/h10H,4-9H2,1-3H3. The summed E-state index contributed by atoms with van der Waals surface area (Å²) in [6.45, 7) is 5.82. The monoisotopic (exact) mass is 270 g/mol. The van der Waals surface area contributed by atoms with Crippen LogP contribution < -0.4 is 4.74 Å². The van der Waals surface area contributed by atoms with Crippen LogP contribution in [-0.2, 0) is 6.54 Å². The van der Waals surface area contributed by atoms with Crippen molar-refractivity contribution in [3.63, 3.8) is 0 Å². The average molecular weight is 270 g/mol. The van der Waals surface area contributed by atoms with Gasteiger partial charge in [-0.05, 0) is 33.9 Å². The van der Waals surface area contributed by atoms with Gasteiger partial charge in [-0.25, -0.2) is 0 Å². The lowest BCUT2D eigenvalue weighted by Gasteiger charge is -2.34. The van der Waals surface area contributed by atoms with Gasteiger partial charge in [0.25, 0.3) is 5.19 Å². The second-order valence-electron chi connectivity index (χ2n) is 4.87. The maximum absolute atomic E-state index is 5.34. The normalized spacial score (nSPS) is 18.4. The third-order valence-electron chi connectivity index (χ3n) is 3.36. The highest BCUT2D eigenvalue weighted by Gasteiger charge is 2.21. The van der Waals surface area contributed by atoms with Crippen LogP contribution in [0.1, 0.15) is 24.8 Å². The Balaban J connectivity index is 1.80. The molecule has 0 amide bonds. The van der Waals surface area contributed by atoms with Gasteiger partial charge in [0.2, 0.25) is 0 Å². The molecule has 0 bridgehead atoms. The number of ether oxygens (including phenoxy) is 1. The highest BCUT2D eigenvalue weighted by molar-refractivity contribution is 7.13. The van der Waals surface area contributed by atoms with Crippen molar-refractivity contribution in [2.24, 2.45) is 0 Å². The fourth-order valence-corrected chi connectivity index (χ4v) is 3.06. The highest BCUT2D eigenvalue weighted by atomic mass is 32.1. The van der Waals surface area contributed by atoms with E-state index in [4.69, 9.17) is 4.74 Å². The molecule has 1 aromatic rings. The van der Waals surface area contributed by atoms with Gasteiger partial charge in [-0.15, -0.1) is 10.2 Å². The minimum absolute atomic E-state index is 0.656. The Labute approximate surface area is 113 Å². The first-order valence-corrected chi connectivity index (χ1v) is 7.34. The van der Waals surface area contributed by atoms with Crippen molar-refractivity contribution in [1.82, 2.24) is 20.0 Å². The number of piperidine rings is 1. The summed E-state index contributed by atoms with van der Waals surface area (Å²) in [6, 6.07) is 0.731. The first-order valence-electron chi connectivity index (χ1n) is 6.53. The summed E-state index contributed by atoms with van der Waals surface area (Å²) < 4.78 is 5.34. The van der Waals surface area contributed by atoms with Crippen molar-refractivity contribution in [3.8, 4) is 5.19 Å². The van der Waals surface area contributed by atoms with E-state index in [1.807, 2.05) is 6.92 Å². The Morgan fingerprint density at radius 2 is 2.06 bits per heavy atom. The van der Waals surface area contributed by atoms with Gasteiger partial charge in [0.05, 0.1) is 13.2 Å². The summed E-state index contributed by atoms with van der Waals surface area (Å²) in [7, 11) is 4.33. The number of hydrogen-bond acceptors (Lipinski definition) is 6. The Morgan fingerprint density at radius 1 is 1.33 bits per heavy atom. The molecule has 1 fully saturated rings. The lowest BCUT2D eigenvalue weighted by atomic mass is 10.0. The summed E-state index contributed by atoms with van der Waals surface area (Å²) in [5.74, 6) is 0. The zero-order valence-electron chi connectivity index (χ0n) is 11.4. The first kappa shape index (κ1) is 13.7. The fourth-order valence-electron chi connectivity index (χ4n) is 2.27. The van der Waals surface area contributed by atoms with Crippen LogP contribution in [0.2, 0.25) is 0 Å². The van der Waals surface area contributed by atoms with Crippen LogP contribution in [0.5, 0.6) is 5.19 Å². The van der Waals surface area contributed by atoms with Crippen LogP contribution in [0.4, 0.5) is 0 Å². The van der Waals surface area contributed by atoms with Crippen molar-refractivity contribution in [3.05, 3.63) is 5.01 Å². The molecule has 0 aromatic carbocycles. The van der Waals surface area contributed by atoms with Gasteiger partial charge in [0, 0.05) is 19.1 Å². The van der Waals surface area contributed by atoms with E-state index in [9.17, 15) is 0 Å². The number of aromatic nitrogens is 2. The Kier molecular flexibility index (Phi) is 4.91. The van der Waals surface area contributed by atoms with E-state index in [1.54, 1.807) is 11.3 Å². The topological polar surface area (TPSA) is 41.5 Å². The molecule has 0 atom stereocenters. The van der Waals surface area contributed by atoms with Crippen molar-refractivity contribution >= 4 is 11.3 Å². The molecule has 0 N–H and O–H groups in total. The van der Waals surface area contributed by atoms with Crippen LogP contribution in [-0.4, -0.2) is 59.8 Å². The number of rotatable bonds is 5. The minimum atomic E-state index is 0.656. The van der Waals surface area contributed by atoms with Crippen LogP contribution in [0.25, 0.3) is 0 Å². The molecule has 0 unspecified atom stereocenters. The molecular formula is C12H22N4OS. The van der Waals surface area contributed by atoms with Gasteiger partial charge in [0.1, 0.15) is 5.01 Å². The van der Waals surface area contributed by atoms with Crippen molar-refractivity contribution in [2.45, 2.75) is 32.4 Å². The van der Waals surface area contributed by atoms with E-state index in [1.165, 1.54) is 12.8 Å². The molecule has 0 saturated carbocycles. The van der Waals surface area contributed by atoms with Gasteiger partial charge in [-0.3, -0.25) is 4.90 Å². The summed E-state index contributed by atoms with van der Waals surface area (Å²) in [5.41, 5.74) is 0. The predicted octanol–water partition coefficient (Wildman–Crippen LogP) is 1.46. The van der Waals surface area contributed by atoms with Crippen LogP contribution in [0.3, 0.4) is 0 Å². The Bertz CT molecular complexity index is 361. The van der Waals surface area contributed by atoms with E-state index < -0.39 is 0 Å². The summed E-state index contributed by atoms with van der Waals surface area (Å²) in [5, 5.41) is 9.95. The number of hydrogen-bond donors (Lipinski definition) is 0. The molecule has 2 rings (SSSR count). The zero-order valence-corrected chi connectivity index (χ0v) is 12.2. The second-order valence-corrected chi connectivity index (χ2v) is 5.89. The maximum Gasteiger partial charge on any atom is 0.294 e. The molecule has 1 saturated heterocycles. The molecule has 18 heavy (non-hydrogen) atoms. The highest BCUT2D eigenvalue weighted by Crippen LogP contribution is 2.21. The third kappa shape index (κ3) is 3.63. The second kappa shape index (κ2) is 6.45. The lowest BCUT2D eigenvalue weighted by molar-refractivity contribution is 0.139. The number of likely N-dealkylation sites (tertiary alicyclic amines) is 1. The molecule has 0 spiro atoms. The van der Waals surface area contributed by atoms with E-state index in [2.05, 4.69) is 34.1 Å². The smallest absolute Gasteiger partial charge is 0.294 e. The molecule has 5 nitrogen and oxygen atoms in total. The zero-order chi connectivity index (χ0) is 13.0. The molecular weight excluding hydrogens is 248 g/mol. The molecule has 102 valence electrons. The van der Waals surface area contributed by atoms with Gasteiger partial charge in [0.15, 0.2) is 0 Å². The molecule has 1 aromatic heterocycles. The molecule has 0 radical (unpaired) electrons. The van der Waals surface area contributed by atoms with E-state index in [-0.39, 0.29) is 0 Å². The average Bonchev–Trinajstić information content (AvgIpc) is 2.78. The summed E-state index contributed by atoms with van der Waals surface area (Å²) >= 11 is 1.56. The SMILES string of the molecule is CCOc1nnc(CN2CCC(N(C)C)CC2)s1. The van der Waals surface area contributed by atoms with Crippen LogP contribution in [0.15, 0.2) is 0 Å². The largest absolute Gasteiger partial charge is 0.469 e. The molecule has 1 aliphatic rings.